The molecule has 5 rings (SSSR count). The van der Waals surface area contributed by atoms with Crippen LogP contribution in [0.3, 0.4) is 0 Å². The molecule has 13 heteroatoms. The molecule has 1 aliphatic heterocycles. The number of nitro groups is 1. The van der Waals surface area contributed by atoms with Gasteiger partial charge < -0.3 is 24.8 Å². The van der Waals surface area contributed by atoms with Crippen molar-refractivity contribution in [3.05, 3.63) is 105 Å². The number of hydrogen-bond acceptors (Lipinski definition) is 7. The number of methoxy groups -OCH3 is 1. The highest BCUT2D eigenvalue weighted by Crippen LogP contribution is 2.38. The van der Waals surface area contributed by atoms with E-state index in [9.17, 15) is 24.5 Å². The van der Waals surface area contributed by atoms with Crippen molar-refractivity contribution in [2.45, 2.75) is 25.6 Å². The lowest BCUT2D eigenvalue weighted by atomic mass is 10.0. The van der Waals surface area contributed by atoms with Crippen molar-refractivity contribution < 1.29 is 24.0 Å². The van der Waals surface area contributed by atoms with Gasteiger partial charge in [0, 0.05) is 34.8 Å². The van der Waals surface area contributed by atoms with Gasteiger partial charge in [0.1, 0.15) is 11.8 Å². The van der Waals surface area contributed by atoms with Crippen LogP contribution in [-0.4, -0.2) is 67.4 Å². The standard InChI is InChI=1S/C33H32BrN5O6.ClH/c1-20(35-2)31(40)36(3)29-19-38(32(41)21-9-13-24(14-10-21)39(43)44)28-8-6-5-7-27(28)37(33(29)42)18-26-25-15-12-23(34)17-22(25)11-16-30(26)45-4;/h5-17,20,29,35H,18-19H2,1-4H3;1H. The zero-order chi connectivity index (χ0) is 32.4. The van der Waals surface area contributed by atoms with E-state index in [4.69, 9.17) is 4.74 Å². The van der Waals surface area contributed by atoms with Crippen molar-refractivity contribution in [1.29, 1.82) is 0 Å². The number of benzene rings is 4. The van der Waals surface area contributed by atoms with Crippen LogP contribution in [0.4, 0.5) is 17.1 Å². The van der Waals surface area contributed by atoms with E-state index in [1.807, 2.05) is 30.3 Å². The number of ether oxygens (including phenoxy) is 1. The summed E-state index contributed by atoms with van der Waals surface area (Å²) in [6, 6.07) is 20.4. The molecule has 1 N–H and O–H groups in total. The van der Waals surface area contributed by atoms with Gasteiger partial charge >= 0.3 is 0 Å². The number of carbonyl (C=O) groups is 3. The number of non-ortho nitro benzene ring substituents is 1. The first kappa shape index (κ1) is 34.4. The number of halogens is 2. The SMILES string of the molecule is CNC(C)C(=O)N(C)C1CN(C(=O)c2ccc([N+](=O)[O-])cc2)c2ccccc2N(Cc2c(OC)ccc3cc(Br)ccc23)C1=O.Cl. The van der Waals surface area contributed by atoms with Gasteiger partial charge in [-0.2, -0.15) is 0 Å². The number of nitrogens with zero attached hydrogens (tertiary/aromatic N) is 4. The number of rotatable bonds is 8. The summed E-state index contributed by atoms with van der Waals surface area (Å²) in [4.78, 5) is 57.3. The number of carbonyl (C=O) groups excluding carboxylic acids is 3. The zero-order valence-corrected chi connectivity index (χ0v) is 28.0. The van der Waals surface area contributed by atoms with E-state index in [1.165, 1.54) is 34.1 Å². The van der Waals surface area contributed by atoms with E-state index in [0.717, 1.165) is 20.8 Å². The number of fused-ring (bicyclic) bond motifs is 2. The van der Waals surface area contributed by atoms with E-state index in [-0.39, 0.29) is 48.6 Å². The highest BCUT2D eigenvalue weighted by molar-refractivity contribution is 9.10. The van der Waals surface area contributed by atoms with Gasteiger partial charge in [-0.1, -0.05) is 40.2 Å². The van der Waals surface area contributed by atoms with Crippen LogP contribution in [0.2, 0.25) is 0 Å². The molecule has 0 bridgehead atoms. The summed E-state index contributed by atoms with van der Waals surface area (Å²) in [6.07, 6.45) is 0. The number of para-hydroxylation sites is 2. The van der Waals surface area contributed by atoms with Crippen molar-refractivity contribution in [1.82, 2.24) is 10.2 Å². The molecule has 2 unspecified atom stereocenters. The maximum Gasteiger partial charge on any atom is 0.269 e. The fourth-order valence-electron chi connectivity index (χ4n) is 5.53. The Morgan fingerprint density at radius 3 is 2.39 bits per heavy atom. The Balaban J connectivity index is 0.00000480. The van der Waals surface area contributed by atoms with Crippen LogP contribution in [-0.2, 0) is 16.1 Å². The summed E-state index contributed by atoms with van der Waals surface area (Å²) < 4.78 is 6.65. The number of likely N-dealkylation sites (N-methyl/N-ethyl adjacent to an activating group) is 2. The molecule has 11 nitrogen and oxygen atoms in total. The second-order valence-corrected chi connectivity index (χ2v) is 11.6. The first-order chi connectivity index (χ1) is 21.5. The molecule has 2 atom stereocenters. The second kappa shape index (κ2) is 14.3. The lowest BCUT2D eigenvalue weighted by Crippen LogP contribution is -2.56. The first-order valence-electron chi connectivity index (χ1n) is 14.2. The summed E-state index contributed by atoms with van der Waals surface area (Å²) in [6.45, 7) is 1.66. The summed E-state index contributed by atoms with van der Waals surface area (Å²) in [5.41, 5.74) is 1.75. The molecule has 1 aliphatic rings. The molecule has 0 saturated heterocycles. The molecule has 1 heterocycles. The van der Waals surface area contributed by atoms with E-state index >= 15 is 0 Å². The van der Waals surface area contributed by atoms with Gasteiger partial charge in [0.2, 0.25) is 5.91 Å². The normalized spacial score (nSPS) is 15.0. The summed E-state index contributed by atoms with van der Waals surface area (Å²) >= 11 is 3.53. The number of nitrogens with one attached hydrogen (secondary N) is 1. The minimum absolute atomic E-state index is 0. The highest BCUT2D eigenvalue weighted by atomic mass is 79.9. The Kier molecular flexibility index (Phi) is 10.7. The largest absolute Gasteiger partial charge is 0.496 e. The van der Waals surface area contributed by atoms with Crippen molar-refractivity contribution >= 4 is 73.9 Å². The van der Waals surface area contributed by atoms with Gasteiger partial charge in [-0.25, -0.2) is 0 Å². The van der Waals surface area contributed by atoms with E-state index in [1.54, 1.807) is 57.3 Å². The molecule has 4 aromatic rings. The molecule has 0 aromatic heterocycles. The van der Waals surface area contributed by atoms with Crippen molar-refractivity contribution in [3.63, 3.8) is 0 Å². The van der Waals surface area contributed by atoms with Crippen molar-refractivity contribution in [2.24, 2.45) is 0 Å². The molecule has 0 fully saturated rings. The summed E-state index contributed by atoms with van der Waals surface area (Å²) in [7, 11) is 4.78. The topological polar surface area (TPSA) is 125 Å². The lowest BCUT2D eigenvalue weighted by Gasteiger charge is -2.33. The van der Waals surface area contributed by atoms with E-state index in [0.29, 0.717) is 17.1 Å². The average molecular weight is 711 g/mol. The maximum atomic E-state index is 14.6. The Bertz CT molecular complexity index is 1800. The van der Waals surface area contributed by atoms with Gasteiger partial charge in [0.05, 0.1) is 42.5 Å². The zero-order valence-electron chi connectivity index (χ0n) is 25.6. The monoisotopic (exact) mass is 709 g/mol. The smallest absolute Gasteiger partial charge is 0.269 e. The van der Waals surface area contributed by atoms with Crippen LogP contribution < -0.4 is 19.9 Å². The molecule has 3 amide bonds. The Hall–Kier alpha value is -4.52. The van der Waals surface area contributed by atoms with Crippen LogP contribution in [0.1, 0.15) is 22.8 Å². The Morgan fingerprint density at radius 2 is 1.76 bits per heavy atom. The van der Waals surface area contributed by atoms with Crippen LogP contribution in [0.5, 0.6) is 5.75 Å². The van der Waals surface area contributed by atoms with Crippen LogP contribution in [0, 0.1) is 10.1 Å². The Labute approximate surface area is 280 Å². The van der Waals surface area contributed by atoms with Crippen LogP contribution >= 0.6 is 28.3 Å². The van der Waals surface area contributed by atoms with Gasteiger partial charge in [0.15, 0.2) is 0 Å². The third-order valence-electron chi connectivity index (χ3n) is 8.15. The molecule has 0 spiro atoms. The number of hydrogen-bond donors (Lipinski definition) is 1. The van der Waals surface area contributed by atoms with Crippen LogP contribution in [0.15, 0.2) is 83.3 Å². The lowest BCUT2D eigenvalue weighted by molar-refractivity contribution is -0.384. The quantitative estimate of drug-likeness (QED) is 0.187. The second-order valence-electron chi connectivity index (χ2n) is 10.7. The average Bonchev–Trinajstić information content (AvgIpc) is 3.17. The molecule has 0 saturated carbocycles. The van der Waals surface area contributed by atoms with Crippen molar-refractivity contribution in [3.8, 4) is 5.75 Å². The summed E-state index contributed by atoms with van der Waals surface area (Å²) in [5.74, 6) is -0.580. The third kappa shape index (κ3) is 6.55. The molecule has 4 aromatic carbocycles. The van der Waals surface area contributed by atoms with Gasteiger partial charge in [-0.05, 0) is 67.2 Å². The van der Waals surface area contributed by atoms with Gasteiger partial charge in [-0.3, -0.25) is 24.5 Å². The Morgan fingerprint density at radius 1 is 1.09 bits per heavy atom. The van der Waals surface area contributed by atoms with E-state index < -0.39 is 22.9 Å². The maximum absolute atomic E-state index is 14.6. The van der Waals surface area contributed by atoms with E-state index in [2.05, 4.69) is 21.2 Å². The molecular weight excluding hydrogens is 678 g/mol. The predicted octanol–water partition coefficient (Wildman–Crippen LogP) is 5.57. The number of nitro benzene ring substituents is 1. The van der Waals surface area contributed by atoms with Crippen LogP contribution in [0.25, 0.3) is 10.8 Å². The predicted molar refractivity (Wildman–Crippen MR) is 183 cm³/mol. The third-order valence-corrected chi connectivity index (χ3v) is 8.64. The fraction of sp³-hybridized carbons (Fsp3) is 0.242. The molecule has 46 heavy (non-hydrogen) atoms. The summed E-state index contributed by atoms with van der Waals surface area (Å²) in [5, 5.41) is 16.0. The molecule has 0 radical (unpaired) electrons. The number of anilines is 2. The van der Waals surface area contributed by atoms with Gasteiger partial charge in [-0.15, -0.1) is 12.4 Å². The highest BCUT2D eigenvalue weighted by Gasteiger charge is 2.40. The minimum Gasteiger partial charge on any atom is -0.496 e. The van der Waals surface area contributed by atoms with Crippen molar-refractivity contribution in [2.75, 3.05) is 37.5 Å². The number of amides is 3. The minimum atomic E-state index is -1.06. The fourth-order valence-corrected chi connectivity index (χ4v) is 5.91. The molecular formula is C33H33BrClN5O6. The molecule has 0 aliphatic carbocycles. The first-order valence-corrected chi connectivity index (χ1v) is 15.0. The molecule has 240 valence electrons. The van der Waals surface area contributed by atoms with Gasteiger partial charge in [0.25, 0.3) is 17.5 Å².